The Balaban J connectivity index is 4.02. The second-order valence-electron chi connectivity index (χ2n) is 21.0. The first-order valence-corrected chi connectivity index (χ1v) is 31.4. The molecular weight excluding hydrogens is 942 g/mol. The fraction of sp³-hybridized carbons (Fsp3) is 0.719. The molecule has 2 atom stereocenters. The average molecular weight is 1050 g/mol. The third kappa shape index (κ3) is 58.2. The summed E-state index contributed by atoms with van der Waals surface area (Å²) in [4.78, 5) is 37.8. The molecule has 0 aliphatic carbocycles. The molecule has 0 saturated carbocycles. The maximum atomic E-state index is 12.8. The number of carbonyl (C=O) groups is 2. The van der Waals surface area contributed by atoms with E-state index in [1.54, 1.807) is 0 Å². The first kappa shape index (κ1) is 70.9. The first-order chi connectivity index (χ1) is 36.0. The summed E-state index contributed by atoms with van der Waals surface area (Å²) in [6, 6.07) is 0. The van der Waals surface area contributed by atoms with E-state index in [0.29, 0.717) is 17.4 Å². The third-order valence-corrected chi connectivity index (χ3v) is 13.6. The number of carbonyl (C=O) groups excluding carboxylic acids is 2. The van der Waals surface area contributed by atoms with E-state index in [0.717, 1.165) is 103 Å². The maximum Gasteiger partial charge on any atom is 0.306 e. The van der Waals surface area contributed by atoms with Crippen LogP contribution in [-0.2, 0) is 32.7 Å². The predicted molar refractivity (Wildman–Crippen MR) is 314 cm³/mol. The zero-order chi connectivity index (χ0) is 54.2. The molecule has 0 aliphatic heterocycles. The van der Waals surface area contributed by atoms with Crippen LogP contribution in [0.25, 0.3) is 0 Å². The van der Waals surface area contributed by atoms with Crippen molar-refractivity contribution in [2.45, 2.75) is 251 Å². The van der Waals surface area contributed by atoms with Crippen molar-refractivity contribution < 1.29 is 42.1 Å². The van der Waals surface area contributed by atoms with Crippen molar-refractivity contribution >= 4 is 19.8 Å². The molecule has 0 aromatic heterocycles. The Morgan fingerprint density at radius 1 is 0.432 bits per heavy atom. The Hall–Kier alpha value is -3.07. The van der Waals surface area contributed by atoms with Gasteiger partial charge >= 0.3 is 11.9 Å². The number of phosphoric acid groups is 1. The van der Waals surface area contributed by atoms with Crippen molar-refractivity contribution in [3.05, 3.63) is 97.2 Å². The SMILES string of the molecule is CC/C=C\C/C=C\C/C=C\C/C=C\C/C=C\C/C=C\C/C=C\CCCCCCCCCCCCCCCCCC(=O)OC(COC(=O)CCCCCCC/C=C\CCCCCC)COP(=O)([O-])OCC[N+](C)(C)C. The van der Waals surface area contributed by atoms with Gasteiger partial charge in [-0.2, -0.15) is 0 Å². The van der Waals surface area contributed by atoms with Crippen molar-refractivity contribution in [2.24, 2.45) is 0 Å². The van der Waals surface area contributed by atoms with Gasteiger partial charge < -0.3 is 27.9 Å². The monoisotopic (exact) mass is 1050 g/mol. The number of allylic oxidation sites excluding steroid dienone is 16. The number of ether oxygens (including phenoxy) is 2. The minimum Gasteiger partial charge on any atom is -0.756 e. The van der Waals surface area contributed by atoms with Gasteiger partial charge in [-0.1, -0.05) is 233 Å². The van der Waals surface area contributed by atoms with E-state index in [9.17, 15) is 19.0 Å². The van der Waals surface area contributed by atoms with E-state index in [1.165, 1.54) is 109 Å². The molecule has 0 rings (SSSR count). The number of likely N-dealkylation sites (N-methyl/N-ethyl adjacent to an activating group) is 1. The molecule has 0 heterocycles. The summed E-state index contributed by atoms with van der Waals surface area (Å²) in [5, 5.41) is 0. The molecule has 10 heteroatoms. The number of unbranched alkanes of at least 4 members (excludes halogenated alkanes) is 24. The zero-order valence-electron chi connectivity index (χ0n) is 48.3. The molecule has 0 aromatic carbocycles. The van der Waals surface area contributed by atoms with Crippen LogP contribution in [0.15, 0.2) is 97.2 Å². The van der Waals surface area contributed by atoms with Crippen LogP contribution in [0, 0.1) is 0 Å². The average Bonchev–Trinajstić information content (AvgIpc) is 3.36. The fourth-order valence-corrected chi connectivity index (χ4v) is 8.71. The fourth-order valence-electron chi connectivity index (χ4n) is 7.98. The predicted octanol–water partition coefficient (Wildman–Crippen LogP) is 18.2. The molecule has 0 saturated heterocycles. The number of phosphoric ester groups is 1. The van der Waals surface area contributed by atoms with Gasteiger partial charge in [0.25, 0.3) is 7.82 Å². The molecule has 74 heavy (non-hydrogen) atoms. The Labute approximate surface area is 455 Å². The van der Waals surface area contributed by atoms with E-state index in [4.69, 9.17) is 18.5 Å². The summed E-state index contributed by atoms with van der Waals surface area (Å²) in [5.74, 6) is -0.843. The molecule has 0 N–H and O–H groups in total. The number of quaternary nitrogens is 1. The van der Waals surface area contributed by atoms with E-state index in [-0.39, 0.29) is 26.1 Å². The second kappa shape index (κ2) is 54.7. The van der Waals surface area contributed by atoms with Crippen molar-refractivity contribution in [2.75, 3.05) is 47.5 Å². The highest BCUT2D eigenvalue weighted by molar-refractivity contribution is 7.45. The van der Waals surface area contributed by atoms with Gasteiger partial charge in [0.2, 0.25) is 0 Å². The number of rotatable bonds is 54. The first-order valence-electron chi connectivity index (χ1n) is 29.9. The lowest BCUT2D eigenvalue weighted by Crippen LogP contribution is -2.37. The molecule has 0 aliphatic rings. The summed E-state index contributed by atoms with van der Waals surface area (Å²) in [5.41, 5.74) is 0. The molecular formula is C64H112NO8P. The molecule has 0 radical (unpaired) electrons. The lowest BCUT2D eigenvalue weighted by atomic mass is 10.0. The van der Waals surface area contributed by atoms with Gasteiger partial charge in [0, 0.05) is 12.8 Å². The van der Waals surface area contributed by atoms with Gasteiger partial charge in [-0.3, -0.25) is 14.2 Å². The van der Waals surface area contributed by atoms with Crippen LogP contribution in [0.4, 0.5) is 0 Å². The summed E-state index contributed by atoms with van der Waals surface area (Å²) in [6.45, 7) is 4.10. The van der Waals surface area contributed by atoms with Crippen molar-refractivity contribution in [1.29, 1.82) is 0 Å². The highest BCUT2D eigenvalue weighted by Gasteiger charge is 2.22. The van der Waals surface area contributed by atoms with Crippen molar-refractivity contribution in [3.63, 3.8) is 0 Å². The Morgan fingerprint density at radius 2 is 0.770 bits per heavy atom. The van der Waals surface area contributed by atoms with Gasteiger partial charge in [-0.05, 0) is 96.3 Å². The molecule has 0 fully saturated rings. The van der Waals surface area contributed by atoms with Crippen molar-refractivity contribution in [1.82, 2.24) is 0 Å². The molecule has 0 spiro atoms. The zero-order valence-corrected chi connectivity index (χ0v) is 49.2. The molecule has 0 bridgehead atoms. The van der Waals surface area contributed by atoms with Crippen LogP contribution in [0.3, 0.4) is 0 Å². The number of hydrogen-bond donors (Lipinski definition) is 0. The Morgan fingerprint density at radius 3 is 1.16 bits per heavy atom. The second-order valence-corrected chi connectivity index (χ2v) is 22.4. The van der Waals surface area contributed by atoms with Gasteiger partial charge in [0.1, 0.15) is 19.8 Å². The minimum absolute atomic E-state index is 0.0345. The van der Waals surface area contributed by atoms with E-state index in [1.807, 2.05) is 21.1 Å². The van der Waals surface area contributed by atoms with E-state index >= 15 is 0 Å². The summed E-state index contributed by atoms with van der Waals surface area (Å²) in [6.07, 6.45) is 74.7. The smallest absolute Gasteiger partial charge is 0.306 e. The van der Waals surface area contributed by atoms with E-state index < -0.39 is 32.5 Å². The van der Waals surface area contributed by atoms with Crippen LogP contribution in [0.5, 0.6) is 0 Å². The summed E-state index contributed by atoms with van der Waals surface area (Å²) in [7, 11) is 1.16. The quantitative estimate of drug-likeness (QED) is 0.0195. The molecule has 426 valence electrons. The lowest BCUT2D eigenvalue weighted by molar-refractivity contribution is -0.870. The largest absolute Gasteiger partial charge is 0.756 e. The van der Waals surface area contributed by atoms with Gasteiger partial charge in [-0.25, -0.2) is 0 Å². The minimum atomic E-state index is -4.64. The lowest BCUT2D eigenvalue weighted by Gasteiger charge is -2.28. The third-order valence-electron chi connectivity index (χ3n) is 12.6. The summed E-state index contributed by atoms with van der Waals surface area (Å²) >= 11 is 0. The highest BCUT2D eigenvalue weighted by atomic mass is 31.2. The topological polar surface area (TPSA) is 111 Å². The van der Waals surface area contributed by atoms with Gasteiger partial charge in [0.05, 0.1) is 27.7 Å². The van der Waals surface area contributed by atoms with Crippen LogP contribution in [-0.4, -0.2) is 70.0 Å². The molecule has 2 unspecified atom stereocenters. The van der Waals surface area contributed by atoms with Crippen LogP contribution < -0.4 is 4.89 Å². The van der Waals surface area contributed by atoms with Gasteiger partial charge in [-0.15, -0.1) is 0 Å². The number of esters is 2. The summed E-state index contributed by atoms with van der Waals surface area (Å²) < 4.78 is 34.1. The van der Waals surface area contributed by atoms with Gasteiger partial charge in [0.15, 0.2) is 6.10 Å². The standard InChI is InChI=1S/C64H112NO8P/c1-6-8-10-12-14-16-18-20-21-22-23-24-25-26-27-28-29-30-31-32-33-34-35-36-37-38-39-40-41-42-43-45-47-49-51-53-55-57-64(67)73-62(61-72-74(68,69)71-59-58-65(3,4)5)60-70-63(66)56-54-52-50-48-46-44-19-17-15-13-11-9-7-2/h8,10,14,16-17,19-21,23-24,26-27,29-30,32-33,62H,6-7,9,11-13,15,18,22,25,28,31,34-61H2,1-5H3/b10-8-,16-14-,19-17-,21-20-,24-23-,27-26-,30-29-,33-32-. The molecule has 9 nitrogen and oxygen atoms in total. The Kier molecular flexibility index (Phi) is 52.4. The molecule has 0 aromatic rings. The van der Waals surface area contributed by atoms with E-state index in [2.05, 4.69) is 111 Å². The van der Waals surface area contributed by atoms with Crippen LogP contribution in [0.1, 0.15) is 245 Å². The number of nitrogens with zero attached hydrogens (tertiary/aromatic N) is 1. The number of hydrogen-bond acceptors (Lipinski definition) is 8. The Bertz CT molecular complexity index is 1570. The van der Waals surface area contributed by atoms with Crippen LogP contribution >= 0.6 is 7.82 Å². The normalized spacial score (nSPS) is 14.0. The highest BCUT2D eigenvalue weighted by Crippen LogP contribution is 2.38. The molecule has 0 amide bonds. The van der Waals surface area contributed by atoms with Crippen LogP contribution in [0.2, 0.25) is 0 Å². The maximum absolute atomic E-state index is 12.8. The van der Waals surface area contributed by atoms with Crippen molar-refractivity contribution in [3.8, 4) is 0 Å².